The van der Waals surface area contributed by atoms with Gasteiger partial charge in [0.05, 0.1) is 17.8 Å². The molecular weight excluding hydrogens is 236 g/mol. The summed E-state index contributed by atoms with van der Waals surface area (Å²) < 4.78 is 0. The largest absolute Gasteiger partial charge is 0.313 e. The van der Waals surface area contributed by atoms with Gasteiger partial charge in [-0.1, -0.05) is 12.1 Å². The number of rotatable bonds is 6. The lowest BCUT2D eigenvalue weighted by Crippen LogP contribution is -2.15. The zero-order chi connectivity index (χ0) is 13.5. The highest BCUT2D eigenvalue weighted by Gasteiger charge is 2.00. The van der Waals surface area contributed by atoms with Crippen molar-refractivity contribution < 1.29 is 0 Å². The van der Waals surface area contributed by atoms with Gasteiger partial charge in [-0.25, -0.2) is 0 Å². The number of aromatic amines is 1. The normalized spacial score (nSPS) is 10.3. The predicted octanol–water partition coefficient (Wildman–Crippen LogP) is 2.31. The van der Waals surface area contributed by atoms with Gasteiger partial charge >= 0.3 is 0 Å². The van der Waals surface area contributed by atoms with Crippen LogP contribution in [-0.2, 0) is 13.0 Å². The Balaban J connectivity index is 1.69. The Hall–Kier alpha value is -2.12. The zero-order valence-electron chi connectivity index (χ0n) is 11.1. The van der Waals surface area contributed by atoms with Crippen LogP contribution < -0.4 is 5.32 Å². The summed E-state index contributed by atoms with van der Waals surface area (Å²) in [6, 6.07) is 9.86. The third kappa shape index (κ3) is 3.94. The van der Waals surface area contributed by atoms with E-state index < -0.39 is 0 Å². The van der Waals surface area contributed by atoms with E-state index in [1.54, 1.807) is 0 Å². The lowest BCUT2D eigenvalue weighted by Gasteiger charge is -2.05. The number of benzene rings is 1. The Morgan fingerprint density at radius 1 is 1.42 bits per heavy atom. The number of aromatic nitrogens is 2. The van der Waals surface area contributed by atoms with Crippen LogP contribution in [0.2, 0.25) is 0 Å². The van der Waals surface area contributed by atoms with Gasteiger partial charge < -0.3 is 5.32 Å². The van der Waals surface area contributed by atoms with Gasteiger partial charge in [-0.05, 0) is 49.6 Å². The van der Waals surface area contributed by atoms with Gasteiger partial charge in [0, 0.05) is 12.2 Å². The molecule has 0 saturated carbocycles. The highest BCUT2D eigenvalue weighted by atomic mass is 15.1. The number of hydrogen-bond donors (Lipinski definition) is 2. The first-order valence-electron chi connectivity index (χ1n) is 6.48. The second-order valence-electron chi connectivity index (χ2n) is 4.61. The molecule has 0 saturated heterocycles. The van der Waals surface area contributed by atoms with E-state index in [0.717, 1.165) is 37.2 Å². The fraction of sp³-hybridized carbons (Fsp3) is 0.333. The van der Waals surface area contributed by atoms with E-state index in [2.05, 4.69) is 21.6 Å². The van der Waals surface area contributed by atoms with E-state index in [1.807, 2.05) is 37.4 Å². The van der Waals surface area contributed by atoms with Crippen LogP contribution in [0.4, 0.5) is 0 Å². The average molecular weight is 254 g/mol. The van der Waals surface area contributed by atoms with E-state index in [-0.39, 0.29) is 0 Å². The fourth-order valence-corrected chi connectivity index (χ4v) is 2.02. The Morgan fingerprint density at radius 3 is 3.05 bits per heavy atom. The molecule has 4 nitrogen and oxygen atoms in total. The summed E-state index contributed by atoms with van der Waals surface area (Å²) in [6.07, 6.45) is 4.01. The quantitative estimate of drug-likeness (QED) is 0.777. The minimum absolute atomic E-state index is 0.716. The minimum Gasteiger partial charge on any atom is -0.313 e. The lowest BCUT2D eigenvalue weighted by atomic mass is 10.1. The van der Waals surface area contributed by atoms with Crippen molar-refractivity contribution in [2.75, 3.05) is 6.54 Å². The van der Waals surface area contributed by atoms with Crippen LogP contribution in [0.5, 0.6) is 0 Å². The molecule has 0 fully saturated rings. The van der Waals surface area contributed by atoms with Crippen LogP contribution in [-0.4, -0.2) is 16.7 Å². The lowest BCUT2D eigenvalue weighted by molar-refractivity contribution is 0.648. The van der Waals surface area contributed by atoms with Crippen LogP contribution in [0.1, 0.15) is 28.8 Å². The van der Waals surface area contributed by atoms with Crippen molar-refractivity contribution in [1.29, 1.82) is 5.26 Å². The second-order valence-corrected chi connectivity index (χ2v) is 4.61. The van der Waals surface area contributed by atoms with Crippen molar-refractivity contribution in [1.82, 2.24) is 15.5 Å². The maximum Gasteiger partial charge on any atom is 0.0991 e. The number of aryl methyl sites for hydroxylation is 2. The standard InChI is InChI=1S/C15H18N4/c1-12-15(11-18-19-12)6-3-7-17-10-14-5-2-4-13(8-14)9-16/h2,4-5,8,11,17H,3,6-7,10H2,1H3,(H,18,19). The molecule has 0 aliphatic carbocycles. The van der Waals surface area contributed by atoms with Gasteiger partial charge in [0.2, 0.25) is 0 Å². The van der Waals surface area contributed by atoms with Crippen LogP contribution in [0.3, 0.4) is 0 Å². The monoisotopic (exact) mass is 254 g/mol. The number of nitriles is 1. The number of hydrogen-bond acceptors (Lipinski definition) is 3. The number of H-pyrrole nitrogens is 1. The maximum absolute atomic E-state index is 8.82. The Labute approximate surface area is 113 Å². The smallest absolute Gasteiger partial charge is 0.0991 e. The van der Waals surface area contributed by atoms with Gasteiger partial charge in [0.25, 0.3) is 0 Å². The highest BCUT2D eigenvalue weighted by Crippen LogP contribution is 2.06. The van der Waals surface area contributed by atoms with Crippen molar-refractivity contribution >= 4 is 0 Å². The van der Waals surface area contributed by atoms with Gasteiger partial charge in [-0.2, -0.15) is 10.4 Å². The summed E-state index contributed by atoms with van der Waals surface area (Å²) in [7, 11) is 0. The average Bonchev–Trinajstić information content (AvgIpc) is 2.84. The number of nitrogens with zero attached hydrogens (tertiary/aromatic N) is 2. The molecule has 19 heavy (non-hydrogen) atoms. The number of nitrogens with one attached hydrogen (secondary N) is 2. The zero-order valence-corrected chi connectivity index (χ0v) is 11.1. The maximum atomic E-state index is 8.82. The molecule has 0 aliphatic heterocycles. The van der Waals surface area contributed by atoms with E-state index >= 15 is 0 Å². The molecule has 1 heterocycles. The molecule has 4 heteroatoms. The molecule has 0 bridgehead atoms. The molecule has 0 amide bonds. The molecule has 2 N–H and O–H groups in total. The summed E-state index contributed by atoms with van der Waals surface area (Å²) >= 11 is 0. The van der Waals surface area contributed by atoms with Crippen LogP contribution >= 0.6 is 0 Å². The third-order valence-corrected chi connectivity index (χ3v) is 3.12. The molecule has 2 rings (SSSR count). The molecule has 1 aromatic heterocycles. The van der Waals surface area contributed by atoms with Crippen molar-refractivity contribution in [2.24, 2.45) is 0 Å². The molecule has 98 valence electrons. The molecule has 0 aliphatic rings. The molecule has 1 aromatic carbocycles. The summed E-state index contributed by atoms with van der Waals surface area (Å²) in [4.78, 5) is 0. The van der Waals surface area contributed by atoms with Crippen molar-refractivity contribution in [3.8, 4) is 6.07 Å². The van der Waals surface area contributed by atoms with E-state index in [0.29, 0.717) is 5.56 Å². The van der Waals surface area contributed by atoms with Crippen molar-refractivity contribution in [3.05, 3.63) is 52.8 Å². The Morgan fingerprint density at radius 2 is 2.32 bits per heavy atom. The topological polar surface area (TPSA) is 64.5 Å². The van der Waals surface area contributed by atoms with E-state index in [1.165, 1.54) is 5.56 Å². The molecule has 0 spiro atoms. The van der Waals surface area contributed by atoms with E-state index in [4.69, 9.17) is 5.26 Å². The summed E-state index contributed by atoms with van der Waals surface area (Å²) in [5.41, 5.74) is 4.31. The van der Waals surface area contributed by atoms with Crippen molar-refractivity contribution in [2.45, 2.75) is 26.3 Å². The molecule has 0 atom stereocenters. The van der Waals surface area contributed by atoms with Crippen molar-refractivity contribution in [3.63, 3.8) is 0 Å². The van der Waals surface area contributed by atoms with Gasteiger partial charge in [0.15, 0.2) is 0 Å². The Kier molecular flexibility index (Phi) is 4.71. The Bertz CT molecular complexity index is 566. The van der Waals surface area contributed by atoms with Gasteiger partial charge in [0.1, 0.15) is 0 Å². The van der Waals surface area contributed by atoms with Gasteiger partial charge in [-0.3, -0.25) is 5.10 Å². The first-order valence-corrected chi connectivity index (χ1v) is 6.48. The summed E-state index contributed by atoms with van der Waals surface area (Å²) in [5, 5.41) is 19.2. The first-order chi connectivity index (χ1) is 9.29. The van der Waals surface area contributed by atoms with Gasteiger partial charge in [-0.15, -0.1) is 0 Å². The third-order valence-electron chi connectivity index (χ3n) is 3.12. The first kappa shape index (κ1) is 13.3. The predicted molar refractivity (Wildman–Crippen MR) is 74.5 cm³/mol. The van der Waals surface area contributed by atoms with Crippen LogP contribution in [0, 0.1) is 18.3 Å². The summed E-state index contributed by atoms with van der Waals surface area (Å²) in [5.74, 6) is 0. The fourth-order valence-electron chi connectivity index (χ4n) is 2.02. The molecule has 2 aromatic rings. The van der Waals surface area contributed by atoms with Crippen LogP contribution in [0.15, 0.2) is 30.5 Å². The van der Waals surface area contributed by atoms with Crippen LogP contribution in [0.25, 0.3) is 0 Å². The minimum atomic E-state index is 0.716. The van der Waals surface area contributed by atoms with E-state index in [9.17, 15) is 0 Å². The SMILES string of the molecule is Cc1[nH]ncc1CCCNCc1cccc(C#N)c1. The molecule has 0 unspecified atom stereocenters. The highest BCUT2D eigenvalue weighted by molar-refractivity contribution is 5.32. The molecular formula is C15H18N4. The summed E-state index contributed by atoms with van der Waals surface area (Å²) in [6.45, 7) is 3.81. The molecule has 0 radical (unpaired) electrons. The second kappa shape index (κ2) is 6.72.